The molecule has 0 bridgehead atoms. The summed E-state index contributed by atoms with van der Waals surface area (Å²) in [5.74, 6) is -0.308. The summed E-state index contributed by atoms with van der Waals surface area (Å²) >= 11 is 0. The lowest BCUT2D eigenvalue weighted by Crippen LogP contribution is -2.38. The Morgan fingerprint density at radius 2 is 1.65 bits per heavy atom. The predicted molar refractivity (Wildman–Crippen MR) is 88.1 cm³/mol. The first-order valence-electron chi connectivity index (χ1n) is 7.82. The Morgan fingerprint density at radius 3 is 2.30 bits per heavy atom. The van der Waals surface area contributed by atoms with Crippen molar-refractivity contribution in [3.05, 3.63) is 65.5 Å². The zero-order chi connectivity index (χ0) is 16.4. The van der Waals surface area contributed by atoms with E-state index in [2.05, 4.69) is 0 Å². The van der Waals surface area contributed by atoms with Gasteiger partial charge in [-0.2, -0.15) is 4.31 Å². The summed E-state index contributed by atoms with van der Waals surface area (Å²) in [6.07, 6.45) is 2.58. The van der Waals surface area contributed by atoms with Crippen LogP contribution in [0.1, 0.15) is 36.4 Å². The van der Waals surface area contributed by atoms with Crippen molar-refractivity contribution in [2.24, 2.45) is 0 Å². The molecular formula is C18H20FNO2S. The molecule has 122 valence electrons. The van der Waals surface area contributed by atoms with Crippen LogP contribution in [-0.2, 0) is 10.0 Å². The molecule has 0 unspecified atom stereocenters. The fourth-order valence-corrected chi connectivity index (χ4v) is 4.74. The maximum atomic E-state index is 13.2. The molecule has 2 aromatic carbocycles. The van der Waals surface area contributed by atoms with Crippen LogP contribution in [-0.4, -0.2) is 19.3 Å². The van der Waals surface area contributed by atoms with Crippen LogP contribution in [0, 0.1) is 12.7 Å². The molecule has 5 heteroatoms. The number of halogens is 1. The van der Waals surface area contributed by atoms with E-state index in [1.807, 2.05) is 19.1 Å². The van der Waals surface area contributed by atoms with E-state index < -0.39 is 10.0 Å². The number of sulfonamides is 1. The Hall–Kier alpha value is -1.72. The predicted octanol–water partition coefficient (Wildman–Crippen LogP) is 4.05. The van der Waals surface area contributed by atoms with Crippen molar-refractivity contribution in [2.45, 2.75) is 37.1 Å². The molecule has 0 amide bonds. The minimum Gasteiger partial charge on any atom is -0.207 e. The highest BCUT2D eigenvalue weighted by atomic mass is 32.2. The standard InChI is InChI=1S/C18H20FNO2S/c1-14-5-11-17(12-6-14)23(21,22)20-13-3-2-4-18(20)15-7-9-16(19)10-8-15/h5-12,18H,2-4,13H2,1H3/t18-/m1/s1. The minimum absolute atomic E-state index is 0.226. The Bertz CT molecular complexity index is 770. The molecule has 1 heterocycles. The Labute approximate surface area is 136 Å². The molecule has 0 N–H and O–H groups in total. The summed E-state index contributed by atoms with van der Waals surface area (Å²) in [5, 5.41) is 0. The molecular weight excluding hydrogens is 313 g/mol. The summed E-state index contributed by atoms with van der Waals surface area (Å²) in [6, 6.07) is 12.8. The molecule has 1 fully saturated rings. The molecule has 23 heavy (non-hydrogen) atoms. The number of rotatable bonds is 3. The second kappa shape index (κ2) is 6.42. The largest absolute Gasteiger partial charge is 0.243 e. The van der Waals surface area contributed by atoms with Gasteiger partial charge in [-0.05, 0) is 49.6 Å². The average Bonchev–Trinajstić information content (AvgIpc) is 2.56. The maximum Gasteiger partial charge on any atom is 0.243 e. The van der Waals surface area contributed by atoms with E-state index >= 15 is 0 Å². The van der Waals surface area contributed by atoms with E-state index in [0.717, 1.165) is 30.4 Å². The van der Waals surface area contributed by atoms with Crippen molar-refractivity contribution in [2.75, 3.05) is 6.54 Å². The van der Waals surface area contributed by atoms with Gasteiger partial charge < -0.3 is 0 Å². The van der Waals surface area contributed by atoms with E-state index in [9.17, 15) is 12.8 Å². The highest BCUT2D eigenvalue weighted by Gasteiger charge is 2.34. The quantitative estimate of drug-likeness (QED) is 0.850. The normalized spacial score (nSPS) is 19.7. The average molecular weight is 333 g/mol. The number of piperidine rings is 1. The zero-order valence-corrected chi connectivity index (χ0v) is 13.9. The fraction of sp³-hybridized carbons (Fsp3) is 0.333. The molecule has 0 aromatic heterocycles. The Morgan fingerprint density at radius 1 is 1.00 bits per heavy atom. The molecule has 1 aliphatic heterocycles. The van der Waals surface area contributed by atoms with E-state index in [0.29, 0.717) is 11.4 Å². The minimum atomic E-state index is -3.55. The van der Waals surface area contributed by atoms with Crippen molar-refractivity contribution in [1.82, 2.24) is 4.31 Å². The number of hydrogen-bond donors (Lipinski definition) is 0. The zero-order valence-electron chi connectivity index (χ0n) is 13.1. The van der Waals surface area contributed by atoms with Gasteiger partial charge in [-0.1, -0.05) is 36.2 Å². The lowest BCUT2D eigenvalue weighted by Gasteiger charge is -2.35. The van der Waals surface area contributed by atoms with Gasteiger partial charge in [0.25, 0.3) is 0 Å². The molecule has 3 nitrogen and oxygen atoms in total. The summed E-state index contributed by atoms with van der Waals surface area (Å²) in [7, 11) is -3.55. The molecule has 3 rings (SSSR count). The van der Waals surface area contributed by atoms with Crippen LogP contribution < -0.4 is 0 Å². The smallest absolute Gasteiger partial charge is 0.207 e. The van der Waals surface area contributed by atoms with Gasteiger partial charge in [-0.25, -0.2) is 12.8 Å². The molecule has 2 aromatic rings. The van der Waals surface area contributed by atoms with Crippen molar-refractivity contribution in [1.29, 1.82) is 0 Å². The van der Waals surface area contributed by atoms with Crippen LogP contribution in [0.4, 0.5) is 4.39 Å². The number of aryl methyl sites for hydroxylation is 1. The highest BCUT2D eigenvalue weighted by Crippen LogP contribution is 2.35. The van der Waals surface area contributed by atoms with Crippen molar-refractivity contribution >= 4 is 10.0 Å². The van der Waals surface area contributed by atoms with E-state index in [1.54, 1.807) is 28.6 Å². The number of nitrogens with zero attached hydrogens (tertiary/aromatic N) is 1. The van der Waals surface area contributed by atoms with Crippen LogP contribution in [0.2, 0.25) is 0 Å². The molecule has 0 spiro atoms. The van der Waals surface area contributed by atoms with Gasteiger partial charge in [0.1, 0.15) is 5.82 Å². The second-order valence-corrected chi connectivity index (χ2v) is 7.88. The van der Waals surface area contributed by atoms with Crippen LogP contribution in [0.5, 0.6) is 0 Å². The lowest BCUT2D eigenvalue weighted by atomic mass is 9.97. The molecule has 0 radical (unpaired) electrons. The summed E-state index contributed by atoms with van der Waals surface area (Å²) in [6.45, 7) is 2.43. The highest BCUT2D eigenvalue weighted by molar-refractivity contribution is 7.89. The van der Waals surface area contributed by atoms with Crippen LogP contribution in [0.25, 0.3) is 0 Å². The lowest BCUT2D eigenvalue weighted by molar-refractivity contribution is 0.256. The Balaban J connectivity index is 1.97. The van der Waals surface area contributed by atoms with Gasteiger partial charge in [0, 0.05) is 6.54 Å². The molecule has 0 saturated carbocycles. The summed E-state index contributed by atoms with van der Waals surface area (Å²) in [4.78, 5) is 0.317. The third-order valence-corrected chi connectivity index (χ3v) is 6.26. The van der Waals surface area contributed by atoms with Gasteiger partial charge in [0.05, 0.1) is 10.9 Å². The second-order valence-electron chi connectivity index (χ2n) is 5.99. The number of hydrogen-bond acceptors (Lipinski definition) is 2. The van der Waals surface area contributed by atoms with Gasteiger partial charge in [-0.15, -0.1) is 0 Å². The van der Waals surface area contributed by atoms with Crippen LogP contribution >= 0.6 is 0 Å². The molecule has 0 aliphatic carbocycles. The number of benzene rings is 2. The first-order chi connectivity index (χ1) is 11.0. The SMILES string of the molecule is Cc1ccc(S(=O)(=O)N2CCCC[C@@H]2c2ccc(F)cc2)cc1. The van der Waals surface area contributed by atoms with E-state index in [-0.39, 0.29) is 11.9 Å². The first-order valence-corrected chi connectivity index (χ1v) is 9.26. The van der Waals surface area contributed by atoms with E-state index in [4.69, 9.17) is 0 Å². The van der Waals surface area contributed by atoms with Crippen molar-refractivity contribution in [3.63, 3.8) is 0 Å². The topological polar surface area (TPSA) is 37.4 Å². The third kappa shape index (κ3) is 3.31. The van der Waals surface area contributed by atoms with Crippen LogP contribution in [0.15, 0.2) is 53.4 Å². The summed E-state index contributed by atoms with van der Waals surface area (Å²) < 4.78 is 40.7. The Kier molecular flexibility index (Phi) is 4.50. The molecule has 1 saturated heterocycles. The first kappa shape index (κ1) is 16.1. The fourth-order valence-electron chi connectivity index (χ4n) is 3.06. The monoisotopic (exact) mass is 333 g/mol. The third-order valence-electron chi connectivity index (χ3n) is 4.34. The van der Waals surface area contributed by atoms with Gasteiger partial charge in [-0.3, -0.25) is 0 Å². The van der Waals surface area contributed by atoms with E-state index in [1.165, 1.54) is 12.1 Å². The van der Waals surface area contributed by atoms with Crippen LogP contribution in [0.3, 0.4) is 0 Å². The maximum absolute atomic E-state index is 13.2. The molecule has 1 aliphatic rings. The molecule has 1 atom stereocenters. The van der Waals surface area contributed by atoms with Gasteiger partial charge in [0.15, 0.2) is 0 Å². The van der Waals surface area contributed by atoms with Gasteiger partial charge in [0.2, 0.25) is 10.0 Å². The van der Waals surface area contributed by atoms with Gasteiger partial charge >= 0.3 is 0 Å². The van der Waals surface area contributed by atoms with Crippen molar-refractivity contribution in [3.8, 4) is 0 Å². The summed E-state index contributed by atoms with van der Waals surface area (Å²) in [5.41, 5.74) is 1.87. The van der Waals surface area contributed by atoms with Crippen molar-refractivity contribution < 1.29 is 12.8 Å².